The van der Waals surface area contributed by atoms with Crippen molar-refractivity contribution in [2.75, 3.05) is 21.3 Å². The zero-order valence-corrected chi connectivity index (χ0v) is 20.4. The lowest BCUT2D eigenvalue weighted by atomic mass is 10.0. The summed E-state index contributed by atoms with van der Waals surface area (Å²) in [5, 5.41) is 14.4. The van der Waals surface area contributed by atoms with Gasteiger partial charge < -0.3 is 18.9 Å². The molecule has 0 saturated heterocycles. The van der Waals surface area contributed by atoms with Crippen LogP contribution in [0.25, 0.3) is 0 Å². The Morgan fingerprint density at radius 1 is 0.800 bits per heavy atom. The molecule has 1 aromatic heterocycles. The van der Waals surface area contributed by atoms with Gasteiger partial charge in [0.1, 0.15) is 18.1 Å². The van der Waals surface area contributed by atoms with Crippen LogP contribution in [0.3, 0.4) is 0 Å². The quantitative estimate of drug-likeness (QED) is 0.346. The Hall–Kier alpha value is -3.98. The van der Waals surface area contributed by atoms with Gasteiger partial charge in [-0.15, -0.1) is 10.2 Å². The van der Waals surface area contributed by atoms with E-state index in [1.807, 2.05) is 60.7 Å². The Morgan fingerprint density at radius 3 is 2.26 bits per heavy atom. The van der Waals surface area contributed by atoms with Crippen LogP contribution in [0.5, 0.6) is 23.0 Å². The molecule has 1 unspecified atom stereocenters. The standard InChI is InChI=1S/C26H24N4O4S/c1-31-19-10-12-20(13-11-19)34-16-23-27-28-26-30(23)29-24(25(35-26)17-7-5-4-6-8-17)18-9-14-21(32-2)22(15-18)33-3/h4-15,25H,16H2,1-3H3. The minimum Gasteiger partial charge on any atom is -0.497 e. The molecule has 0 bridgehead atoms. The van der Waals surface area contributed by atoms with E-state index in [9.17, 15) is 0 Å². The smallest absolute Gasteiger partial charge is 0.213 e. The van der Waals surface area contributed by atoms with Crippen LogP contribution < -0.4 is 18.9 Å². The van der Waals surface area contributed by atoms with Crippen molar-refractivity contribution in [3.05, 3.63) is 89.7 Å². The van der Waals surface area contributed by atoms with Crippen molar-refractivity contribution in [3.8, 4) is 23.0 Å². The van der Waals surface area contributed by atoms with Crippen LogP contribution in [0.1, 0.15) is 22.2 Å². The molecular weight excluding hydrogens is 464 g/mol. The Morgan fingerprint density at radius 2 is 1.54 bits per heavy atom. The monoisotopic (exact) mass is 488 g/mol. The highest BCUT2D eigenvalue weighted by molar-refractivity contribution is 8.00. The van der Waals surface area contributed by atoms with Crippen LogP contribution in [-0.2, 0) is 6.61 Å². The third-order valence-corrected chi connectivity index (χ3v) is 6.76. The fourth-order valence-corrected chi connectivity index (χ4v) is 4.89. The predicted octanol–water partition coefficient (Wildman–Crippen LogP) is 4.98. The van der Waals surface area contributed by atoms with Crippen LogP contribution in [0.2, 0.25) is 0 Å². The van der Waals surface area contributed by atoms with Crippen LogP contribution >= 0.6 is 11.8 Å². The van der Waals surface area contributed by atoms with Gasteiger partial charge in [0, 0.05) is 5.56 Å². The number of thioether (sulfide) groups is 1. The molecule has 1 atom stereocenters. The second-order valence-electron chi connectivity index (χ2n) is 7.64. The number of fused-ring (bicyclic) bond motifs is 1. The first kappa shape index (κ1) is 22.8. The number of hydrogen-bond acceptors (Lipinski definition) is 8. The van der Waals surface area contributed by atoms with E-state index in [1.54, 1.807) is 37.8 Å². The number of methoxy groups -OCH3 is 3. The molecule has 8 nitrogen and oxygen atoms in total. The molecule has 0 fully saturated rings. The average Bonchev–Trinajstić information content (AvgIpc) is 3.33. The maximum absolute atomic E-state index is 5.94. The molecule has 0 amide bonds. The molecule has 1 aliphatic heterocycles. The fraction of sp³-hybridized carbons (Fsp3) is 0.192. The SMILES string of the molecule is COc1ccc(OCc2nnc3n2N=C(c2ccc(OC)c(OC)c2)C(c2ccccc2)S3)cc1. The first-order chi connectivity index (χ1) is 17.2. The lowest BCUT2D eigenvalue weighted by Gasteiger charge is -2.24. The summed E-state index contributed by atoms with van der Waals surface area (Å²) >= 11 is 1.60. The van der Waals surface area contributed by atoms with Crippen LogP contribution in [-0.4, -0.2) is 41.9 Å². The van der Waals surface area contributed by atoms with Gasteiger partial charge in [-0.1, -0.05) is 42.1 Å². The highest BCUT2D eigenvalue weighted by Gasteiger charge is 2.30. The van der Waals surface area contributed by atoms with Crippen molar-refractivity contribution in [1.82, 2.24) is 14.9 Å². The van der Waals surface area contributed by atoms with Gasteiger partial charge in [0.2, 0.25) is 5.16 Å². The highest BCUT2D eigenvalue weighted by atomic mass is 32.2. The number of benzene rings is 3. The highest BCUT2D eigenvalue weighted by Crippen LogP contribution is 2.42. The van der Waals surface area contributed by atoms with Crippen LogP contribution in [0.4, 0.5) is 0 Å². The van der Waals surface area contributed by atoms with E-state index in [0.29, 0.717) is 28.2 Å². The topological polar surface area (TPSA) is 80.0 Å². The zero-order valence-electron chi connectivity index (χ0n) is 19.5. The first-order valence-electron chi connectivity index (χ1n) is 10.9. The maximum Gasteiger partial charge on any atom is 0.213 e. The van der Waals surface area contributed by atoms with Crippen molar-refractivity contribution >= 4 is 17.5 Å². The molecule has 5 rings (SSSR count). The lowest BCUT2D eigenvalue weighted by Crippen LogP contribution is -2.19. The van der Waals surface area contributed by atoms with Crippen molar-refractivity contribution in [3.63, 3.8) is 0 Å². The maximum atomic E-state index is 5.94. The molecule has 35 heavy (non-hydrogen) atoms. The summed E-state index contributed by atoms with van der Waals surface area (Å²) in [5.74, 6) is 3.38. The second kappa shape index (κ2) is 10.1. The van der Waals surface area contributed by atoms with Gasteiger partial charge in [0.15, 0.2) is 17.3 Å². The van der Waals surface area contributed by atoms with Crippen molar-refractivity contribution in [1.29, 1.82) is 0 Å². The van der Waals surface area contributed by atoms with Crippen molar-refractivity contribution in [2.45, 2.75) is 17.0 Å². The van der Waals surface area contributed by atoms with Crippen LogP contribution in [0, 0.1) is 0 Å². The van der Waals surface area contributed by atoms with Gasteiger partial charge >= 0.3 is 0 Å². The zero-order chi connectivity index (χ0) is 24.2. The molecule has 1 aliphatic rings. The van der Waals surface area contributed by atoms with E-state index in [2.05, 4.69) is 22.3 Å². The summed E-state index contributed by atoms with van der Waals surface area (Å²) < 4.78 is 23.9. The number of hydrogen-bond donors (Lipinski definition) is 0. The summed E-state index contributed by atoms with van der Waals surface area (Å²) in [6.45, 7) is 0.221. The van der Waals surface area contributed by atoms with E-state index in [1.165, 1.54) is 0 Å². The Bertz CT molecular complexity index is 1340. The van der Waals surface area contributed by atoms with E-state index < -0.39 is 0 Å². The first-order valence-corrected chi connectivity index (χ1v) is 11.8. The van der Waals surface area contributed by atoms with Gasteiger partial charge in [-0.2, -0.15) is 9.78 Å². The van der Waals surface area contributed by atoms with Crippen molar-refractivity contribution < 1.29 is 18.9 Å². The third-order valence-electron chi connectivity index (χ3n) is 5.56. The fourth-order valence-electron chi connectivity index (χ4n) is 3.76. The third kappa shape index (κ3) is 4.67. The van der Waals surface area contributed by atoms with Gasteiger partial charge in [0.25, 0.3) is 0 Å². The number of ether oxygens (including phenoxy) is 4. The Kier molecular flexibility index (Phi) is 6.58. The van der Waals surface area contributed by atoms with E-state index in [0.717, 1.165) is 22.6 Å². The molecule has 3 aromatic carbocycles. The summed E-state index contributed by atoms with van der Waals surface area (Å²) in [6.07, 6.45) is 0. The molecule has 0 aliphatic carbocycles. The number of nitrogens with zero attached hydrogens (tertiary/aromatic N) is 4. The Labute approximate surface area is 207 Å². The summed E-state index contributed by atoms with van der Waals surface area (Å²) in [5.41, 5.74) is 2.90. The van der Waals surface area contributed by atoms with Gasteiger partial charge in [-0.3, -0.25) is 0 Å². The van der Waals surface area contributed by atoms with E-state index in [-0.39, 0.29) is 11.9 Å². The molecule has 4 aromatic rings. The number of rotatable bonds is 8. The average molecular weight is 489 g/mol. The normalized spacial score (nSPS) is 14.6. The van der Waals surface area contributed by atoms with Crippen molar-refractivity contribution in [2.24, 2.45) is 5.10 Å². The second-order valence-corrected chi connectivity index (χ2v) is 8.71. The minimum absolute atomic E-state index is 0.0682. The molecule has 0 radical (unpaired) electrons. The van der Waals surface area contributed by atoms with E-state index in [4.69, 9.17) is 24.0 Å². The molecule has 178 valence electrons. The molecule has 9 heteroatoms. The van der Waals surface area contributed by atoms with E-state index >= 15 is 0 Å². The predicted molar refractivity (Wildman–Crippen MR) is 134 cm³/mol. The minimum atomic E-state index is -0.0682. The van der Waals surface area contributed by atoms with Crippen LogP contribution in [0.15, 0.2) is 83.1 Å². The molecule has 2 heterocycles. The van der Waals surface area contributed by atoms with Gasteiger partial charge in [-0.05, 0) is 48.0 Å². The summed E-state index contributed by atoms with van der Waals surface area (Å²) in [4.78, 5) is 0. The largest absolute Gasteiger partial charge is 0.497 e. The number of aromatic nitrogens is 3. The summed E-state index contributed by atoms with van der Waals surface area (Å²) in [7, 11) is 4.88. The van der Waals surface area contributed by atoms with Gasteiger partial charge in [0.05, 0.1) is 32.3 Å². The lowest BCUT2D eigenvalue weighted by molar-refractivity contribution is 0.289. The Balaban J connectivity index is 1.51. The molecule has 0 spiro atoms. The molecule has 0 saturated carbocycles. The van der Waals surface area contributed by atoms with Gasteiger partial charge in [-0.25, -0.2) is 0 Å². The summed E-state index contributed by atoms with van der Waals surface area (Å²) in [6, 6.07) is 23.4. The molecule has 0 N–H and O–H groups in total. The molecular formula is C26H24N4O4S.